The summed E-state index contributed by atoms with van der Waals surface area (Å²) in [5, 5.41) is 6.82. The van der Waals surface area contributed by atoms with E-state index >= 15 is 0 Å². The zero-order chi connectivity index (χ0) is 13.8. The van der Waals surface area contributed by atoms with Crippen molar-refractivity contribution in [3.63, 3.8) is 0 Å². The fourth-order valence-corrected chi connectivity index (χ4v) is 2.94. The molecule has 1 aliphatic carbocycles. The third kappa shape index (κ3) is 3.87. The number of nitrogens with one attached hydrogen (secondary N) is 2. The van der Waals surface area contributed by atoms with Crippen molar-refractivity contribution in [1.29, 1.82) is 0 Å². The molecule has 1 aromatic rings. The van der Waals surface area contributed by atoms with E-state index in [2.05, 4.69) is 17.6 Å². The van der Waals surface area contributed by atoms with Crippen molar-refractivity contribution in [1.82, 2.24) is 0 Å². The maximum absolute atomic E-state index is 11.0. The lowest BCUT2D eigenvalue weighted by molar-refractivity contribution is -0.114. The van der Waals surface area contributed by atoms with Gasteiger partial charge in [-0.05, 0) is 43.4 Å². The molecule has 1 fully saturated rings. The Bertz CT molecular complexity index is 461. The second-order valence-corrected chi connectivity index (χ2v) is 5.71. The molecule has 3 nitrogen and oxygen atoms in total. The van der Waals surface area contributed by atoms with Crippen LogP contribution in [0.15, 0.2) is 18.2 Å². The average Bonchev–Trinajstić information content (AvgIpc) is 2.80. The summed E-state index contributed by atoms with van der Waals surface area (Å²) in [5.74, 6) is 0.746. The fraction of sp³-hybridized carbons (Fsp3) is 0.533. The standard InChI is InChI=1S/C15H21ClN2O/c1-3-11-4-5-12(8-11)18-13-6-7-15(14(16)9-13)17-10(2)19/h6-7,9,11-12,18H,3-5,8H2,1-2H3,(H,17,19). The van der Waals surface area contributed by atoms with Crippen LogP contribution in [0.3, 0.4) is 0 Å². The Morgan fingerprint density at radius 3 is 2.79 bits per heavy atom. The van der Waals surface area contributed by atoms with Gasteiger partial charge < -0.3 is 10.6 Å². The van der Waals surface area contributed by atoms with E-state index in [9.17, 15) is 4.79 Å². The Balaban J connectivity index is 1.98. The van der Waals surface area contributed by atoms with Gasteiger partial charge in [0.1, 0.15) is 0 Å². The summed E-state index contributed by atoms with van der Waals surface area (Å²) < 4.78 is 0. The van der Waals surface area contributed by atoms with Crippen LogP contribution < -0.4 is 10.6 Å². The summed E-state index contributed by atoms with van der Waals surface area (Å²) in [6.07, 6.45) is 5.04. The molecule has 0 aliphatic heterocycles. The van der Waals surface area contributed by atoms with Gasteiger partial charge >= 0.3 is 0 Å². The third-order valence-electron chi connectivity index (χ3n) is 3.77. The van der Waals surface area contributed by atoms with Gasteiger partial charge in [0.2, 0.25) is 5.91 Å². The highest BCUT2D eigenvalue weighted by atomic mass is 35.5. The van der Waals surface area contributed by atoms with Crippen LogP contribution in [0.4, 0.5) is 11.4 Å². The van der Waals surface area contributed by atoms with Gasteiger partial charge in [-0.25, -0.2) is 0 Å². The van der Waals surface area contributed by atoms with Crippen molar-refractivity contribution in [3.05, 3.63) is 23.2 Å². The van der Waals surface area contributed by atoms with E-state index in [0.29, 0.717) is 16.8 Å². The Labute approximate surface area is 119 Å². The molecule has 1 aromatic carbocycles. The van der Waals surface area contributed by atoms with Gasteiger partial charge in [-0.15, -0.1) is 0 Å². The lowest BCUT2D eigenvalue weighted by Gasteiger charge is -2.15. The second-order valence-electron chi connectivity index (χ2n) is 5.30. The third-order valence-corrected chi connectivity index (χ3v) is 4.08. The van der Waals surface area contributed by atoms with Gasteiger partial charge in [0.05, 0.1) is 10.7 Å². The van der Waals surface area contributed by atoms with Crippen molar-refractivity contribution in [3.8, 4) is 0 Å². The van der Waals surface area contributed by atoms with Crippen LogP contribution in [0.1, 0.15) is 39.5 Å². The van der Waals surface area contributed by atoms with Gasteiger partial charge in [-0.2, -0.15) is 0 Å². The van der Waals surface area contributed by atoms with Gasteiger partial charge in [0, 0.05) is 18.7 Å². The summed E-state index contributed by atoms with van der Waals surface area (Å²) in [5.41, 5.74) is 1.69. The lowest BCUT2D eigenvalue weighted by Crippen LogP contribution is -2.15. The summed E-state index contributed by atoms with van der Waals surface area (Å²) in [7, 11) is 0. The van der Waals surface area contributed by atoms with Crippen LogP contribution in [0.2, 0.25) is 5.02 Å². The molecule has 4 heteroatoms. The Morgan fingerprint density at radius 2 is 2.21 bits per heavy atom. The molecule has 0 bridgehead atoms. The Kier molecular flexibility index (Phi) is 4.70. The van der Waals surface area contributed by atoms with Crippen molar-refractivity contribution in [2.24, 2.45) is 5.92 Å². The number of rotatable bonds is 4. The number of carbonyl (C=O) groups excluding carboxylic acids is 1. The maximum Gasteiger partial charge on any atom is 0.221 e. The minimum Gasteiger partial charge on any atom is -0.382 e. The van der Waals surface area contributed by atoms with Crippen LogP contribution in [-0.2, 0) is 4.79 Å². The van der Waals surface area contributed by atoms with Gasteiger partial charge in [-0.3, -0.25) is 4.79 Å². The lowest BCUT2D eigenvalue weighted by atomic mass is 10.1. The quantitative estimate of drug-likeness (QED) is 0.864. The number of benzene rings is 1. The SMILES string of the molecule is CCC1CCC(Nc2ccc(NC(C)=O)c(Cl)c2)C1. The van der Waals surface area contributed by atoms with Crippen molar-refractivity contribution in [2.45, 2.75) is 45.6 Å². The number of carbonyl (C=O) groups is 1. The van der Waals surface area contributed by atoms with Crippen LogP contribution >= 0.6 is 11.6 Å². The maximum atomic E-state index is 11.0. The van der Waals surface area contributed by atoms with E-state index in [4.69, 9.17) is 11.6 Å². The molecule has 0 heterocycles. The molecule has 2 N–H and O–H groups in total. The Hall–Kier alpha value is -1.22. The smallest absolute Gasteiger partial charge is 0.221 e. The number of anilines is 2. The van der Waals surface area contributed by atoms with E-state index in [1.807, 2.05) is 18.2 Å². The molecule has 1 aliphatic rings. The molecular formula is C15H21ClN2O. The highest BCUT2D eigenvalue weighted by molar-refractivity contribution is 6.34. The van der Waals surface area contributed by atoms with Gasteiger partial charge in [0.15, 0.2) is 0 Å². The topological polar surface area (TPSA) is 41.1 Å². The molecule has 0 aromatic heterocycles. The van der Waals surface area contributed by atoms with E-state index in [1.54, 1.807) is 0 Å². The van der Waals surface area contributed by atoms with E-state index in [1.165, 1.54) is 32.6 Å². The van der Waals surface area contributed by atoms with E-state index < -0.39 is 0 Å². The van der Waals surface area contributed by atoms with Crippen LogP contribution in [0.25, 0.3) is 0 Å². The molecule has 19 heavy (non-hydrogen) atoms. The molecule has 2 rings (SSSR count). The monoisotopic (exact) mass is 280 g/mol. The molecule has 0 saturated heterocycles. The Morgan fingerprint density at radius 1 is 1.42 bits per heavy atom. The second kappa shape index (κ2) is 6.29. The van der Waals surface area contributed by atoms with Crippen LogP contribution in [-0.4, -0.2) is 11.9 Å². The molecule has 0 radical (unpaired) electrons. The summed E-state index contributed by atoms with van der Waals surface area (Å²) in [6, 6.07) is 6.24. The fourth-order valence-electron chi connectivity index (χ4n) is 2.71. The molecular weight excluding hydrogens is 260 g/mol. The first-order chi connectivity index (χ1) is 9.08. The van der Waals surface area contributed by atoms with Crippen LogP contribution in [0.5, 0.6) is 0 Å². The van der Waals surface area contributed by atoms with E-state index in [-0.39, 0.29) is 5.91 Å². The van der Waals surface area contributed by atoms with Crippen molar-refractivity contribution >= 4 is 28.9 Å². The highest BCUT2D eigenvalue weighted by Crippen LogP contribution is 2.32. The first-order valence-corrected chi connectivity index (χ1v) is 7.30. The predicted molar refractivity (Wildman–Crippen MR) is 80.8 cm³/mol. The largest absolute Gasteiger partial charge is 0.382 e. The molecule has 104 valence electrons. The first-order valence-electron chi connectivity index (χ1n) is 6.92. The number of hydrogen-bond donors (Lipinski definition) is 2. The molecule has 1 amide bonds. The minimum atomic E-state index is -0.107. The van der Waals surface area contributed by atoms with Crippen molar-refractivity contribution < 1.29 is 4.79 Å². The number of amides is 1. The van der Waals surface area contributed by atoms with Crippen LogP contribution in [0, 0.1) is 5.92 Å². The normalized spacial score (nSPS) is 22.3. The summed E-state index contributed by atoms with van der Waals surface area (Å²) >= 11 is 6.16. The van der Waals surface area contributed by atoms with Gasteiger partial charge in [0.25, 0.3) is 0 Å². The van der Waals surface area contributed by atoms with Crippen molar-refractivity contribution in [2.75, 3.05) is 10.6 Å². The molecule has 2 unspecified atom stereocenters. The summed E-state index contributed by atoms with van der Waals surface area (Å²) in [4.78, 5) is 11.0. The number of halogens is 1. The average molecular weight is 281 g/mol. The zero-order valence-corrected chi connectivity index (χ0v) is 12.3. The predicted octanol–water partition coefficient (Wildman–Crippen LogP) is 4.29. The molecule has 2 atom stereocenters. The molecule has 0 spiro atoms. The van der Waals surface area contributed by atoms with E-state index in [0.717, 1.165) is 11.6 Å². The summed E-state index contributed by atoms with van der Waals surface area (Å²) in [6.45, 7) is 3.73. The van der Waals surface area contributed by atoms with Gasteiger partial charge in [-0.1, -0.05) is 24.9 Å². The highest BCUT2D eigenvalue weighted by Gasteiger charge is 2.23. The molecule has 1 saturated carbocycles. The zero-order valence-electron chi connectivity index (χ0n) is 11.5. The first kappa shape index (κ1) is 14.2. The minimum absolute atomic E-state index is 0.107. The number of hydrogen-bond acceptors (Lipinski definition) is 2.